The fraction of sp³-hybridized carbons (Fsp3) is 0.458. The van der Waals surface area contributed by atoms with E-state index in [1.165, 1.54) is 9.44 Å². The van der Waals surface area contributed by atoms with Crippen LogP contribution < -0.4 is 5.56 Å². The Morgan fingerprint density at radius 1 is 1.06 bits per heavy atom. The van der Waals surface area contributed by atoms with Gasteiger partial charge in [-0.2, -0.15) is 0 Å². The van der Waals surface area contributed by atoms with Gasteiger partial charge >= 0.3 is 5.97 Å². The fourth-order valence-corrected chi connectivity index (χ4v) is 5.20. The molecule has 0 radical (unpaired) electrons. The minimum Gasteiger partial charge on any atom is -0.462 e. The number of ether oxygens (including phenoxy) is 3. The molecule has 1 aromatic carbocycles. The van der Waals surface area contributed by atoms with Gasteiger partial charge in [0.05, 0.1) is 25.2 Å². The number of nitrogens with zero attached hydrogens (tertiary/aromatic N) is 2. The molecule has 4 rings (SSSR count). The predicted octanol–water partition coefficient (Wildman–Crippen LogP) is 3.60. The number of rotatable bonds is 10. The lowest BCUT2D eigenvalue weighted by atomic mass is 9.97. The molecule has 0 fully saturated rings. The SMILES string of the molecule is CCOCCOCCOC(=O)Cn1c(-c2ccccc2)nc2sc3c(c2c1=O)CCCC3. The summed E-state index contributed by atoms with van der Waals surface area (Å²) >= 11 is 1.61. The van der Waals surface area contributed by atoms with E-state index in [4.69, 9.17) is 19.2 Å². The van der Waals surface area contributed by atoms with Crippen LogP contribution in [0.1, 0.15) is 30.2 Å². The van der Waals surface area contributed by atoms with Gasteiger partial charge in [-0.25, -0.2) is 4.98 Å². The maximum Gasteiger partial charge on any atom is 0.326 e. The number of thiophene rings is 1. The van der Waals surface area contributed by atoms with Gasteiger partial charge in [0.15, 0.2) is 0 Å². The van der Waals surface area contributed by atoms with Crippen molar-refractivity contribution >= 4 is 27.5 Å². The van der Waals surface area contributed by atoms with E-state index in [1.54, 1.807) is 11.3 Å². The van der Waals surface area contributed by atoms with E-state index in [0.29, 0.717) is 31.0 Å². The lowest BCUT2D eigenvalue weighted by molar-refractivity contribution is -0.146. The Kier molecular flexibility index (Phi) is 7.68. The van der Waals surface area contributed by atoms with Crippen LogP contribution in [0.2, 0.25) is 0 Å². The van der Waals surface area contributed by atoms with E-state index >= 15 is 0 Å². The molecule has 7 nitrogen and oxygen atoms in total. The molecule has 0 aliphatic heterocycles. The first-order chi connectivity index (χ1) is 15.7. The van der Waals surface area contributed by atoms with Crippen LogP contribution in [-0.2, 0) is 38.4 Å². The molecule has 0 unspecified atom stereocenters. The topological polar surface area (TPSA) is 79.7 Å². The summed E-state index contributed by atoms with van der Waals surface area (Å²) in [5.74, 6) is 0.00884. The molecule has 0 saturated carbocycles. The Labute approximate surface area is 190 Å². The van der Waals surface area contributed by atoms with E-state index in [-0.39, 0.29) is 25.3 Å². The molecule has 8 heteroatoms. The fourth-order valence-electron chi connectivity index (χ4n) is 3.95. The number of esters is 1. The molecule has 0 bridgehead atoms. The second kappa shape index (κ2) is 10.8. The Morgan fingerprint density at radius 2 is 1.81 bits per heavy atom. The highest BCUT2D eigenvalue weighted by molar-refractivity contribution is 7.18. The smallest absolute Gasteiger partial charge is 0.326 e. The predicted molar refractivity (Wildman–Crippen MR) is 124 cm³/mol. The minimum absolute atomic E-state index is 0.129. The molecule has 0 saturated heterocycles. The lowest BCUT2D eigenvalue weighted by Crippen LogP contribution is -2.28. The molecule has 2 heterocycles. The quantitative estimate of drug-likeness (QED) is 0.343. The monoisotopic (exact) mass is 456 g/mol. The number of fused-ring (bicyclic) bond motifs is 3. The highest BCUT2D eigenvalue weighted by Crippen LogP contribution is 2.34. The van der Waals surface area contributed by atoms with Crippen molar-refractivity contribution < 1.29 is 19.0 Å². The minimum atomic E-state index is -0.483. The average Bonchev–Trinajstić information content (AvgIpc) is 3.19. The number of hydrogen-bond donors (Lipinski definition) is 0. The molecule has 2 aromatic heterocycles. The van der Waals surface area contributed by atoms with E-state index in [1.807, 2.05) is 37.3 Å². The van der Waals surface area contributed by atoms with Gasteiger partial charge < -0.3 is 14.2 Å². The first-order valence-electron chi connectivity index (χ1n) is 11.1. The van der Waals surface area contributed by atoms with Crippen molar-refractivity contribution in [2.24, 2.45) is 0 Å². The summed E-state index contributed by atoms with van der Waals surface area (Å²) in [6.45, 7) is 3.76. The first-order valence-corrected chi connectivity index (χ1v) is 11.9. The first kappa shape index (κ1) is 22.6. The van der Waals surface area contributed by atoms with E-state index < -0.39 is 5.97 Å². The Morgan fingerprint density at radius 3 is 2.62 bits per heavy atom. The van der Waals surface area contributed by atoms with Crippen molar-refractivity contribution in [1.82, 2.24) is 9.55 Å². The van der Waals surface area contributed by atoms with E-state index in [0.717, 1.165) is 41.6 Å². The van der Waals surface area contributed by atoms with Crippen molar-refractivity contribution in [2.45, 2.75) is 39.2 Å². The van der Waals surface area contributed by atoms with Gasteiger partial charge in [-0.1, -0.05) is 30.3 Å². The van der Waals surface area contributed by atoms with Crippen LogP contribution in [0.3, 0.4) is 0 Å². The molecular formula is C24H28N2O5S. The second-order valence-electron chi connectivity index (χ2n) is 7.61. The number of hydrogen-bond acceptors (Lipinski definition) is 7. The van der Waals surface area contributed by atoms with Crippen molar-refractivity contribution in [3.05, 3.63) is 51.1 Å². The van der Waals surface area contributed by atoms with Crippen LogP contribution in [0.25, 0.3) is 21.6 Å². The molecule has 32 heavy (non-hydrogen) atoms. The van der Waals surface area contributed by atoms with Gasteiger partial charge in [0, 0.05) is 17.0 Å². The maximum absolute atomic E-state index is 13.6. The summed E-state index contributed by atoms with van der Waals surface area (Å²) in [5, 5.41) is 0.663. The zero-order valence-corrected chi connectivity index (χ0v) is 19.1. The molecule has 0 N–H and O–H groups in total. The van der Waals surface area contributed by atoms with Gasteiger partial charge in [0.2, 0.25) is 0 Å². The molecular weight excluding hydrogens is 428 g/mol. The lowest BCUT2D eigenvalue weighted by Gasteiger charge is -2.14. The van der Waals surface area contributed by atoms with Gasteiger partial charge in [0.25, 0.3) is 5.56 Å². The zero-order chi connectivity index (χ0) is 22.3. The summed E-state index contributed by atoms with van der Waals surface area (Å²) in [6, 6.07) is 9.50. The molecule has 0 atom stereocenters. The van der Waals surface area contributed by atoms with Crippen LogP contribution in [0.5, 0.6) is 0 Å². The largest absolute Gasteiger partial charge is 0.462 e. The summed E-state index contributed by atoms with van der Waals surface area (Å²) in [4.78, 5) is 33.0. The van der Waals surface area contributed by atoms with Crippen LogP contribution in [-0.4, -0.2) is 48.6 Å². The Hall–Kier alpha value is -2.55. The molecule has 170 valence electrons. The summed E-state index contributed by atoms with van der Waals surface area (Å²) < 4.78 is 17.4. The highest BCUT2D eigenvalue weighted by atomic mass is 32.1. The number of carbonyl (C=O) groups excluding carboxylic acids is 1. The van der Waals surface area contributed by atoms with Crippen molar-refractivity contribution in [3.63, 3.8) is 0 Å². The Balaban J connectivity index is 1.57. The van der Waals surface area contributed by atoms with E-state index in [2.05, 4.69) is 0 Å². The zero-order valence-electron chi connectivity index (χ0n) is 18.3. The molecule has 0 spiro atoms. The number of benzene rings is 1. The third kappa shape index (κ3) is 5.09. The number of carbonyl (C=O) groups is 1. The summed E-state index contributed by atoms with van der Waals surface area (Å²) in [5.41, 5.74) is 1.74. The summed E-state index contributed by atoms with van der Waals surface area (Å²) in [6.07, 6.45) is 4.09. The maximum atomic E-state index is 13.6. The third-order valence-electron chi connectivity index (χ3n) is 5.46. The molecule has 1 aliphatic rings. The normalized spacial score (nSPS) is 13.3. The average molecular weight is 457 g/mol. The number of aromatic nitrogens is 2. The standard InChI is InChI=1S/C24H28N2O5S/c1-2-29-12-13-30-14-15-31-20(27)16-26-22(17-8-4-3-5-9-17)25-23-21(24(26)28)18-10-6-7-11-19(18)32-23/h3-5,8-9H,2,6-7,10-16H2,1H3. The third-order valence-corrected chi connectivity index (χ3v) is 6.65. The van der Waals surface area contributed by atoms with Gasteiger partial charge in [-0.05, 0) is 38.2 Å². The highest BCUT2D eigenvalue weighted by Gasteiger charge is 2.23. The van der Waals surface area contributed by atoms with Crippen LogP contribution in [0, 0.1) is 0 Å². The van der Waals surface area contributed by atoms with Crippen molar-refractivity contribution in [3.8, 4) is 11.4 Å². The van der Waals surface area contributed by atoms with E-state index in [9.17, 15) is 9.59 Å². The van der Waals surface area contributed by atoms with Gasteiger partial charge in [-0.3, -0.25) is 14.2 Å². The number of aryl methyl sites for hydroxylation is 2. The Bertz CT molecular complexity index is 1120. The van der Waals surface area contributed by atoms with Gasteiger partial charge in [-0.15, -0.1) is 11.3 Å². The summed E-state index contributed by atoms with van der Waals surface area (Å²) in [7, 11) is 0. The molecule has 0 amide bonds. The van der Waals surface area contributed by atoms with Crippen molar-refractivity contribution in [1.29, 1.82) is 0 Å². The molecule has 3 aromatic rings. The molecule has 1 aliphatic carbocycles. The second-order valence-corrected chi connectivity index (χ2v) is 8.70. The van der Waals surface area contributed by atoms with Crippen LogP contribution in [0.4, 0.5) is 0 Å². The van der Waals surface area contributed by atoms with Crippen LogP contribution in [0.15, 0.2) is 35.1 Å². The van der Waals surface area contributed by atoms with Crippen LogP contribution >= 0.6 is 11.3 Å². The van der Waals surface area contributed by atoms with Gasteiger partial charge in [0.1, 0.15) is 23.8 Å². The van der Waals surface area contributed by atoms with Crippen molar-refractivity contribution in [2.75, 3.05) is 33.0 Å².